The van der Waals surface area contributed by atoms with E-state index in [1.165, 1.54) is 24.3 Å². The van der Waals surface area contributed by atoms with Crippen LogP contribution in [0.1, 0.15) is 27.0 Å². The zero-order valence-electron chi connectivity index (χ0n) is 19.3. The van der Waals surface area contributed by atoms with Crippen molar-refractivity contribution in [2.45, 2.75) is 20.0 Å². The summed E-state index contributed by atoms with van der Waals surface area (Å²) >= 11 is 12.2. The molecule has 0 bridgehead atoms. The van der Waals surface area contributed by atoms with E-state index in [-0.39, 0.29) is 32.7 Å². The molecule has 0 saturated carbocycles. The molecule has 0 fully saturated rings. The Morgan fingerprint density at radius 2 is 1.65 bits per heavy atom. The van der Waals surface area contributed by atoms with E-state index in [9.17, 15) is 27.6 Å². The van der Waals surface area contributed by atoms with E-state index in [1.807, 2.05) is 13.0 Å². The maximum absolute atomic E-state index is 13.1. The van der Waals surface area contributed by atoms with Gasteiger partial charge in [0.1, 0.15) is 10.7 Å². The summed E-state index contributed by atoms with van der Waals surface area (Å²) in [6.07, 6.45) is -4.61. The summed E-state index contributed by atoms with van der Waals surface area (Å²) in [6.45, 7) is 3.58. The molecule has 0 atom stereocenters. The number of rotatable bonds is 5. The number of alkyl halides is 3. The predicted molar refractivity (Wildman–Crippen MR) is 136 cm³/mol. The van der Waals surface area contributed by atoms with Gasteiger partial charge in [-0.25, -0.2) is 4.90 Å². The molecule has 1 aliphatic rings. The molecule has 4 rings (SSSR count). The maximum atomic E-state index is 13.1. The lowest BCUT2D eigenvalue weighted by molar-refractivity contribution is -0.137. The number of aryl methyl sites for hydroxylation is 2. The van der Waals surface area contributed by atoms with Gasteiger partial charge in [0, 0.05) is 11.3 Å². The van der Waals surface area contributed by atoms with Gasteiger partial charge in [0.05, 0.1) is 22.0 Å². The van der Waals surface area contributed by atoms with Crippen molar-refractivity contribution in [2.24, 2.45) is 0 Å². The Morgan fingerprint density at radius 1 is 0.919 bits per heavy atom. The van der Waals surface area contributed by atoms with Crippen LogP contribution >= 0.6 is 23.2 Å². The second-order valence-electron chi connectivity index (χ2n) is 8.28. The molecule has 0 radical (unpaired) electrons. The Morgan fingerprint density at radius 3 is 2.35 bits per heavy atom. The highest BCUT2D eigenvalue weighted by Gasteiger charge is 2.39. The molecule has 6 nitrogen and oxygen atoms in total. The lowest BCUT2D eigenvalue weighted by Crippen LogP contribution is -2.33. The van der Waals surface area contributed by atoms with Crippen molar-refractivity contribution in [3.63, 3.8) is 0 Å². The number of anilines is 3. The molecule has 3 amide bonds. The predicted octanol–water partition coefficient (Wildman–Crippen LogP) is 6.66. The number of carbonyl (C=O) groups is 3. The first-order valence-corrected chi connectivity index (χ1v) is 11.5. The number of hydrogen-bond acceptors (Lipinski definition) is 4. The molecule has 0 aliphatic carbocycles. The summed E-state index contributed by atoms with van der Waals surface area (Å²) in [5.41, 5.74) is 0.886. The Labute approximate surface area is 219 Å². The van der Waals surface area contributed by atoms with Gasteiger partial charge >= 0.3 is 6.18 Å². The molecule has 3 aromatic rings. The summed E-state index contributed by atoms with van der Waals surface area (Å²) in [5.74, 6) is -2.11. The summed E-state index contributed by atoms with van der Waals surface area (Å²) in [5, 5.41) is 4.75. The van der Waals surface area contributed by atoms with Crippen molar-refractivity contribution in [1.29, 1.82) is 0 Å². The molecular formula is C26H18Cl2F3N3O3. The fraction of sp³-hybridized carbons (Fsp3) is 0.115. The minimum absolute atomic E-state index is 0.0540. The minimum atomic E-state index is -4.61. The standard InChI is InChI=1S/C26H18Cl2F3N3O3/c1-13-6-7-14(2)20(10-13)34-24(36)21(28)22(25(34)37)32-17-5-3-4-15(11-17)23(35)33-19-12-16(26(29,30)31)8-9-18(19)27/h3-12,32H,1-2H3,(H,33,35). The summed E-state index contributed by atoms with van der Waals surface area (Å²) in [7, 11) is 0. The Hall–Kier alpha value is -3.82. The second kappa shape index (κ2) is 9.91. The van der Waals surface area contributed by atoms with Gasteiger partial charge in [0.15, 0.2) is 0 Å². The number of benzene rings is 3. The van der Waals surface area contributed by atoms with Crippen molar-refractivity contribution < 1.29 is 27.6 Å². The Kier molecular flexibility index (Phi) is 7.03. The molecule has 2 N–H and O–H groups in total. The van der Waals surface area contributed by atoms with Crippen LogP contribution in [0.4, 0.5) is 30.2 Å². The van der Waals surface area contributed by atoms with Crippen LogP contribution < -0.4 is 15.5 Å². The number of carbonyl (C=O) groups excluding carboxylic acids is 3. The Bertz CT molecular complexity index is 1490. The van der Waals surface area contributed by atoms with Crippen LogP contribution in [0.5, 0.6) is 0 Å². The lowest BCUT2D eigenvalue weighted by atomic mass is 10.1. The van der Waals surface area contributed by atoms with Crippen molar-refractivity contribution in [2.75, 3.05) is 15.5 Å². The maximum Gasteiger partial charge on any atom is 0.416 e. The Balaban J connectivity index is 1.57. The van der Waals surface area contributed by atoms with Crippen LogP contribution in [-0.4, -0.2) is 17.7 Å². The average molecular weight is 548 g/mol. The molecule has 0 aromatic heterocycles. The van der Waals surface area contributed by atoms with Crippen LogP contribution in [0.25, 0.3) is 0 Å². The van der Waals surface area contributed by atoms with Crippen LogP contribution in [0.15, 0.2) is 71.4 Å². The van der Waals surface area contributed by atoms with Gasteiger partial charge in [0.2, 0.25) is 0 Å². The highest BCUT2D eigenvalue weighted by molar-refractivity contribution is 6.53. The van der Waals surface area contributed by atoms with Crippen molar-refractivity contribution in [3.8, 4) is 0 Å². The molecule has 0 saturated heterocycles. The second-order valence-corrected chi connectivity index (χ2v) is 9.06. The van der Waals surface area contributed by atoms with Gasteiger partial charge < -0.3 is 10.6 Å². The number of imide groups is 1. The van der Waals surface area contributed by atoms with Gasteiger partial charge in [-0.15, -0.1) is 0 Å². The number of nitrogens with zero attached hydrogens (tertiary/aromatic N) is 1. The van der Waals surface area contributed by atoms with E-state index in [2.05, 4.69) is 10.6 Å². The highest BCUT2D eigenvalue weighted by atomic mass is 35.5. The fourth-order valence-corrected chi connectivity index (χ4v) is 4.04. The first-order valence-electron chi connectivity index (χ1n) is 10.8. The highest BCUT2D eigenvalue weighted by Crippen LogP contribution is 2.35. The van der Waals surface area contributed by atoms with Crippen molar-refractivity contribution in [1.82, 2.24) is 0 Å². The van der Waals surface area contributed by atoms with Crippen LogP contribution in [0.2, 0.25) is 5.02 Å². The molecule has 1 heterocycles. The number of nitrogens with one attached hydrogen (secondary N) is 2. The van der Waals surface area contributed by atoms with Gasteiger partial charge in [-0.05, 0) is 67.4 Å². The molecule has 190 valence electrons. The molecule has 1 aliphatic heterocycles. The third kappa shape index (κ3) is 5.33. The third-order valence-electron chi connectivity index (χ3n) is 5.57. The molecule has 3 aromatic carbocycles. The quantitative estimate of drug-likeness (QED) is 0.350. The van der Waals surface area contributed by atoms with Crippen molar-refractivity contribution in [3.05, 3.63) is 98.7 Å². The van der Waals surface area contributed by atoms with Crippen molar-refractivity contribution >= 4 is 58.0 Å². The van der Waals surface area contributed by atoms with Crippen LogP contribution in [0, 0.1) is 13.8 Å². The molecule has 0 unspecified atom stereocenters. The van der Waals surface area contributed by atoms with Gasteiger partial charge in [0.25, 0.3) is 17.7 Å². The monoisotopic (exact) mass is 547 g/mol. The first kappa shape index (κ1) is 26.2. The third-order valence-corrected chi connectivity index (χ3v) is 6.25. The normalized spacial score (nSPS) is 13.9. The van der Waals surface area contributed by atoms with Gasteiger partial charge in [-0.2, -0.15) is 13.2 Å². The topological polar surface area (TPSA) is 78.5 Å². The van der Waals surface area contributed by atoms with Gasteiger partial charge in [-0.3, -0.25) is 14.4 Å². The van der Waals surface area contributed by atoms with E-state index in [0.29, 0.717) is 11.3 Å². The summed E-state index contributed by atoms with van der Waals surface area (Å²) in [4.78, 5) is 39.7. The van der Waals surface area contributed by atoms with E-state index >= 15 is 0 Å². The number of halogens is 5. The lowest BCUT2D eigenvalue weighted by Gasteiger charge is -2.18. The zero-order valence-corrected chi connectivity index (χ0v) is 20.8. The smallest absolute Gasteiger partial charge is 0.350 e. The molecule has 37 heavy (non-hydrogen) atoms. The fourth-order valence-electron chi connectivity index (χ4n) is 3.66. The molecule has 0 spiro atoms. The van der Waals surface area contributed by atoms with Crippen LogP contribution in [0.3, 0.4) is 0 Å². The van der Waals surface area contributed by atoms with E-state index in [1.54, 1.807) is 19.1 Å². The van der Waals surface area contributed by atoms with Gasteiger partial charge in [-0.1, -0.05) is 41.4 Å². The average Bonchev–Trinajstić information content (AvgIpc) is 3.04. The summed E-state index contributed by atoms with van der Waals surface area (Å²) in [6, 6.07) is 13.7. The van der Waals surface area contributed by atoms with E-state index < -0.39 is 29.5 Å². The van der Waals surface area contributed by atoms with Crippen LogP contribution in [-0.2, 0) is 15.8 Å². The number of amides is 3. The zero-order chi connectivity index (χ0) is 27.1. The van der Waals surface area contributed by atoms with E-state index in [4.69, 9.17) is 23.2 Å². The summed E-state index contributed by atoms with van der Waals surface area (Å²) < 4.78 is 39.1. The molecule has 11 heteroatoms. The van der Waals surface area contributed by atoms with E-state index in [0.717, 1.165) is 28.7 Å². The largest absolute Gasteiger partial charge is 0.416 e. The first-order chi connectivity index (χ1) is 17.4. The SMILES string of the molecule is Cc1ccc(C)c(N2C(=O)C(Cl)=C(Nc3cccc(C(=O)Nc4cc(C(F)(F)F)ccc4Cl)c3)C2=O)c1. The number of hydrogen-bond donors (Lipinski definition) is 2. The molecular weight excluding hydrogens is 530 g/mol. The minimum Gasteiger partial charge on any atom is -0.350 e.